The van der Waals surface area contributed by atoms with Gasteiger partial charge in [-0.2, -0.15) is 0 Å². The number of nitrogens with one attached hydrogen (secondary N) is 2. The molecule has 1 heterocycles. The van der Waals surface area contributed by atoms with Crippen LogP contribution >= 0.6 is 0 Å². The van der Waals surface area contributed by atoms with E-state index in [2.05, 4.69) is 6.92 Å². The van der Waals surface area contributed by atoms with Crippen molar-refractivity contribution in [1.82, 2.24) is 0 Å². The van der Waals surface area contributed by atoms with Crippen LogP contribution in [-0.4, -0.2) is 30.9 Å². The Kier molecular flexibility index (Phi) is 6.97. The summed E-state index contributed by atoms with van der Waals surface area (Å²) in [5, 5.41) is 19.6. The maximum Gasteiger partial charge on any atom is 0.117 e. The Bertz CT molecular complexity index is 361. The van der Waals surface area contributed by atoms with Crippen LogP contribution in [0.25, 0.3) is 0 Å². The first-order valence-electron chi connectivity index (χ1n) is 10.7. The maximum absolute atomic E-state index is 11.1. The predicted molar refractivity (Wildman–Crippen MR) is 95.9 cm³/mol. The molecule has 1 saturated heterocycles. The lowest BCUT2D eigenvalue weighted by atomic mass is 9.78. The molecule has 0 bridgehead atoms. The summed E-state index contributed by atoms with van der Waals surface area (Å²) in [5.74, 6) is 3.69. The van der Waals surface area contributed by atoms with Gasteiger partial charge < -0.3 is 10.1 Å². The topological polar surface area (TPSA) is 52.2 Å². The summed E-state index contributed by atoms with van der Waals surface area (Å²) in [4.78, 5) is 1.87. The second-order valence-electron chi connectivity index (χ2n) is 9.33. The van der Waals surface area contributed by atoms with E-state index in [4.69, 9.17) is 5.21 Å². The largest absolute Gasteiger partial charge is 0.600 e. The highest BCUT2D eigenvalue weighted by Gasteiger charge is 2.30. The molecule has 4 heteroatoms. The fourth-order valence-corrected chi connectivity index (χ4v) is 5.80. The van der Waals surface area contributed by atoms with E-state index in [1.807, 2.05) is 4.90 Å². The standard InChI is InChI=1S/C20H38N2O2/c1-16-3-2-4-19(13-16)15-21-11-9-18(10-12-21)14-17-5-7-20(8-6-17)22(23)24/h16-20,22-23H,2-15H2,1H3/p+1. The molecule has 140 valence electrons. The summed E-state index contributed by atoms with van der Waals surface area (Å²) in [7, 11) is 0. The van der Waals surface area contributed by atoms with E-state index in [0.29, 0.717) is 0 Å². The fraction of sp³-hybridized carbons (Fsp3) is 1.00. The van der Waals surface area contributed by atoms with E-state index in [1.165, 1.54) is 64.6 Å². The summed E-state index contributed by atoms with van der Waals surface area (Å²) in [6.07, 6.45) is 14.2. The molecule has 0 aromatic carbocycles. The van der Waals surface area contributed by atoms with Gasteiger partial charge in [-0.15, -0.1) is 0 Å². The Labute approximate surface area is 148 Å². The van der Waals surface area contributed by atoms with E-state index >= 15 is 0 Å². The van der Waals surface area contributed by atoms with E-state index in [0.717, 1.165) is 49.4 Å². The van der Waals surface area contributed by atoms with Crippen LogP contribution in [0, 0.1) is 28.9 Å². The van der Waals surface area contributed by atoms with Crippen LogP contribution in [0.2, 0.25) is 0 Å². The molecule has 3 rings (SSSR count). The molecule has 1 aliphatic heterocycles. The first kappa shape index (κ1) is 18.6. The van der Waals surface area contributed by atoms with Crippen LogP contribution < -0.4 is 10.1 Å². The Morgan fingerprint density at radius 1 is 0.917 bits per heavy atom. The average molecular weight is 340 g/mol. The zero-order valence-corrected chi connectivity index (χ0v) is 15.6. The van der Waals surface area contributed by atoms with Crippen molar-refractivity contribution < 1.29 is 15.3 Å². The van der Waals surface area contributed by atoms with E-state index < -0.39 is 5.23 Å². The van der Waals surface area contributed by atoms with Crippen LogP contribution in [0.4, 0.5) is 0 Å². The van der Waals surface area contributed by atoms with Gasteiger partial charge in [0, 0.05) is 18.8 Å². The Hall–Kier alpha value is -0.160. The highest BCUT2D eigenvalue weighted by atomic mass is 16.8. The van der Waals surface area contributed by atoms with Crippen LogP contribution in [0.1, 0.15) is 77.6 Å². The summed E-state index contributed by atoms with van der Waals surface area (Å²) in [6.45, 7) is 6.65. The molecule has 3 unspecified atom stereocenters. The molecular weight excluding hydrogens is 300 g/mol. The summed E-state index contributed by atoms with van der Waals surface area (Å²) < 4.78 is 0. The van der Waals surface area contributed by atoms with Crippen molar-refractivity contribution in [2.45, 2.75) is 83.6 Å². The second-order valence-corrected chi connectivity index (χ2v) is 9.33. The maximum atomic E-state index is 11.1. The van der Waals surface area contributed by atoms with E-state index in [9.17, 15) is 5.21 Å². The van der Waals surface area contributed by atoms with Gasteiger partial charge in [-0.05, 0) is 62.7 Å². The van der Waals surface area contributed by atoms with Gasteiger partial charge in [0.1, 0.15) is 6.04 Å². The number of rotatable bonds is 5. The lowest BCUT2D eigenvalue weighted by Gasteiger charge is -2.36. The second kappa shape index (κ2) is 8.98. The van der Waals surface area contributed by atoms with Crippen molar-refractivity contribution in [3.05, 3.63) is 5.21 Å². The van der Waals surface area contributed by atoms with Crippen molar-refractivity contribution in [3.8, 4) is 0 Å². The van der Waals surface area contributed by atoms with Gasteiger partial charge in [0.25, 0.3) is 0 Å². The minimum absolute atomic E-state index is 0.0505. The molecule has 3 fully saturated rings. The van der Waals surface area contributed by atoms with Crippen LogP contribution in [0.3, 0.4) is 0 Å². The minimum atomic E-state index is -0.567. The van der Waals surface area contributed by atoms with Crippen molar-refractivity contribution in [2.24, 2.45) is 23.7 Å². The monoisotopic (exact) mass is 339 g/mol. The Morgan fingerprint density at radius 2 is 1.58 bits per heavy atom. The third-order valence-electron chi connectivity index (χ3n) is 7.30. The molecule has 0 aromatic rings. The van der Waals surface area contributed by atoms with Crippen molar-refractivity contribution in [1.29, 1.82) is 0 Å². The third kappa shape index (κ3) is 5.42. The van der Waals surface area contributed by atoms with Gasteiger partial charge in [-0.3, -0.25) is 0 Å². The summed E-state index contributed by atoms with van der Waals surface area (Å²) >= 11 is 0. The number of hydroxylamine groups is 2. The zero-order chi connectivity index (χ0) is 16.9. The minimum Gasteiger partial charge on any atom is -0.600 e. The summed E-state index contributed by atoms with van der Waals surface area (Å²) in [5.41, 5.74) is 0. The van der Waals surface area contributed by atoms with Gasteiger partial charge in [0.05, 0.1) is 19.6 Å². The first-order valence-corrected chi connectivity index (χ1v) is 10.7. The van der Waals surface area contributed by atoms with Crippen LogP contribution in [0.15, 0.2) is 0 Å². The van der Waals surface area contributed by atoms with Crippen LogP contribution in [-0.2, 0) is 0 Å². The van der Waals surface area contributed by atoms with E-state index in [-0.39, 0.29) is 6.04 Å². The average Bonchev–Trinajstić information content (AvgIpc) is 2.57. The predicted octanol–water partition coefficient (Wildman–Crippen LogP) is 1.83. The molecule has 3 atom stereocenters. The molecule has 3 N–H and O–H groups in total. The van der Waals surface area contributed by atoms with Gasteiger partial charge in [0.15, 0.2) is 0 Å². The molecule has 0 amide bonds. The zero-order valence-electron chi connectivity index (χ0n) is 15.6. The number of piperidine rings is 1. The first-order chi connectivity index (χ1) is 11.6. The van der Waals surface area contributed by atoms with Crippen LogP contribution in [0.5, 0.6) is 0 Å². The molecule has 2 aliphatic carbocycles. The number of hydrogen-bond donors (Lipinski definition) is 3. The quantitative estimate of drug-likeness (QED) is 0.669. The highest BCUT2D eigenvalue weighted by molar-refractivity contribution is 4.76. The Balaban J connectivity index is 1.32. The highest BCUT2D eigenvalue weighted by Crippen LogP contribution is 2.31. The number of quaternary nitrogens is 2. The molecule has 4 nitrogen and oxygen atoms in total. The molecule has 0 radical (unpaired) electrons. The lowest BCUT2D eigenvalue weighted by molar-refractivity contribution is -1.07. The molecule has 0 aromatic heterocycles. The van der Waals surface area contributed by atoms with Gasteiger partial charge in [-0.1, -0.05) is 19.8 Å². The van der Waals surface area contributed by atoms with Crippen molar-refractivity contribution in [2.75, 3.05) is 19.6 Å². The van der Waals surface area contributed by atoms with Crippen molar-refractivity contribution in [3.63, 3.8) is 0 Å². The van der Waals surface area contributed by atoms with Gasteiger partial charge in [0.2, 0.25) is 0 Å². The number of likely N-dealkylation sites (tertiary alicyclic amines) is 1. The van der Waals surface area contributed by atoms with E-state index in [1.54, 1.807) is 0 Å². The molecule has 24 heavy (non-hydrogen) atoms. The molecular formula is C20H39N2O2+. The molecule has 3 aliphatic rings. The van der Waals surface area contributed by atoms with Crippen molar-refractivity contribution >= 4 is 0 Å². The summed E-state index contributed by atoms with van der Waals surface area (Å²) in [6, 6.07) is -0.0505. The van der Waals surface area contributed by atoms with Gasteiger partial charge in [-0.25, -0.2) is 10.4 Å². The van der Waals surface area contributed by atoms with Gasteiger partial charge >= 0.3 is 0 Å². The smallest absolute Gasteiger partial charge is 0.117 e. The Morgan fingerprint density at radius 3 is 2.21 bits per heavy atom. The fourth-order valence-electron chi connectivity index (χ4n) is 5.80. The molecule has 0 spiro atoms. The lowest BCUT2D eigenvalue weighted by Crippen LogP contribution is -3.13. The molecule has 2 saturated carbocycles. The number of hydrogen-bond acceptors (Lipinski definition) is 2. The SMILES string of the molecule is CC1CCCC(C[NH+]2CCC(CC3CCC([NH+]([O-])O)CC3)CC2)C1. The third-order valence-corrected chi connectivity index (χ3v) is 7.30. The normalized spacial score (nSPS) is 42.6.